The lowest BCUT2D eigenvalue weighted by molar-refractivity contribution is -0.249. The van der Waals surface area contributed by atoms with Gasteiger partial charge in [-0.15, -0.1) is 0 Å². The van der Waals surface area contributed by atoms with Gasteiger partial charge in [0, 0.05) is 0 Å². The Balaban J connectivity index is 2.95. The quantitative estimate of drug-likeness (QED) is 0.143. The smallest absolute Gasteiger partial charge is 0.234 e. The predicted octanol–water partition coefficient (Wildman–Crippen LogP) is 2.36. The Morgan fingerprint density at radius 3 is 2.79 bits per heavy atom. The Hall–Kier alpha value is -1.12. The van der Waals surface area contributed by atoms with E-state index in [4.69, 9.17) is 4.89 Å². The highest BCUT2D eigenvalue weighted by Crippen LogP contribution is 2.00. The Bertz CT molecular complexity index is 186. The van der Waals surface area contributed by atoms with Crippen LogP contribution in [0.15, 0.2) is 17.3 Å². The second-order valence-corrected chi connectivity index (χ2v) is 2.77. The topological polar surface area (TPSA) is 47.9 Å². The van der Waals surface area contributed by atoms with Crippen LogP contribution in [-0.4, -0.2) is 19.2 Å². The van der Waals surface area contributed by atoms with Crippen molar-refractivity contribution in [3.63, 3.8) is 0 Å². The zero-order chi connectivity index (χ0) is 10.5. The molecular weight excluding hydrogens is 182 g/mol. The molecule has 0 fully saturated rings. The summed E-state index contributed by atoms with van der Waals surface area (Å²) >= 11 is 0. The number of carbonyl (C=O) groups excluding carboxylic acids is 1. The van der Waals surface area contributed by atoms with Crippen molar-refractivity contribution in [2.75, 3.05) is 13.2 Å². The Kier molecular flexibility index (Phi) is 10.9. The van der Waals surface area contributed by atoms with Crippen molar-refractivity contribution in [1.29, 1.82) is 0 Å². The molecule has 0 heterocycles. The molecule has 0 aromatic rings. The average Bonchev–Trinajstić information content (AvgIpc) is 2.21. The number of aliphatic imine (C=N–C) groups is 1. The summed E-state index contributed by atoms with van der Waals surface area (Å²) in [6.07, 6.45) is 8.79. The van der Waals surface area contributed by atoms with E-state index in [-0.39, 0.29) is 0 Å². The molecule has 0 N–H and O–H groups in total. The molecule has 0 radical (unpaired) electrons. The van der Waals surface area contributed by atoms with E-state index in [1.165, 1.54) is 12.3 Å². The van der Waals surface area contributed by atoms with Crippen LogP contribution < -0.4 is 0 Å². The van der Waals surface area contributed by atoms with Gasteiger partial charge in [0.25, 0.3) is 0 Å². The molecule has 0 aliphatic carbocycles. The first-order valence-electron chi connectivity index (χ1n) is 4.85. The van der Waals surface area contributed by atoms with Gasteiger partial charge in [0.15, 0.2) is 0 Å². The molecule has 0 saturated heterocycles. The maximum atomic E-state index is 9.71. The van der Waals surface area contributed by atoms with E-state index in [0.29, 0.717) is 13.2 Å². The summed E-state index contributed by atoms with van der Waals surface area (Å²) in [5, 5.41) is 0. The highest BCUT2D eigenvalue weighted by Gasteiger charge is 1.90. The predicted molar refractivity (Wildman–Crippen MR) is 53.3 cm³/mol. The van der Waals surface area contributed by atoms with E-state index in [9.17, 15) is 4.79 Å². The number of allylic oxidation sites excluding steroid dienone is 1. The van der Waals surface area contributed by atoms with Crippen LogP contribution in [-0.2, 0) is 14.6 Å². The maximum Gasteiger partial charge on any atom is 0.234 e. The maximum absolute atomic E-state index is 9.71. The zero-order valence-electron chi connectivity index (χ0n) is 8.57. The lowest BCUT2D eigenvalue weighted by atomic mass is 10.2. The monoisotopic (exact) mass is 199 g/mol. The number of unbranched alkanes of at least 4 members (excludes halogenated alkanes) is 3. The molecule has 0 aromatic carbocycles. The van der Waals surface area contributed by atoms with Crippen LogP contribution in [0.2, 0.25) is 0 Å². The van der Waals surface area contributed by atoms with Gasteiger partial charge in [-0.05, 0) is 25.8 Å². The Morgan fingerprint density at radius 2 is 2.07 bits per heavy atom. The van der Waals surface area contributed by atoms with Gasteiger partial charge in [-0.3, -0.25) is 0 Å². The fourth-order valence-corrected chi connectivity index (χ4v) is 0.894. The molecule has 0 saturated carbocycles. The standard InChI is InChI=1S/C10H17NO3/c1-2-8-13-14-9-6-4-3-5-7-11-10-12/h2,8H,3-7,9H2,1H3. The summed E-state index contributed by atoms with van der Waals surface area (Å²) in [5.41, 5.74) is 0. The summed E-state index contributed by atoms with van der Waals surface area (Å²) < 4.78 is 0. The number of nitrogens with zero attached hydrogens (tertiary/aromatic N) is 1. The molecule has 0 bridgehead atoms. The lowest BCUT2D eigenvalue weighted by Gasteiger charge is -2.00. The van der Waals surface area contributed by atoms with Gasteiger partial charge in [0.2, 0.25) is 6.08 Å². The third-order valence-corrected chi connectivity index (χ3v) is 1.57. The van der Waals surface area contributed by atoms with Crippen LogP contribution in [0, 0.1) is 0 Å². The van der Waals surface area contributed by atoms with Crippen molar-refractivity contribution < 1.29 is 14.6 Å². The third-order valence-electron chi connectivity index (χ3n) is 1.57. The van der Waals surface area contributed by atoms with Crippen molar-refractivity contribution >= 4 is 6.08 Å². The van der Waals surface area contributed by atoms with Gasteiger partial charge < -0.3 is 4.89 Å². The highest BCUT2D eigenvalue weighted by atomic mass is 17.2. The molecule has 0 amide bonds. The number of hydrogen-bond donors (Lipinski definition) is 0. The molecule has 0 aliphatic heterocycles. The number of hydrogen-bond acceptors (Lipinski definition) is 4. The first kappa shape index (κ1) is 12.9. The summed E-state index contributed by atoms with van der Waals surface area (Å²) in [6.45, 7) is 3.04. The SMILES string of the molecule is CC=COOCCCCCCN=C=O. The van der Waals surface area contributed by atoms with Crippen LogP contribution in [0.4, 0.5) is 0 Å². The lowest BCUT2D eigenvalue weighted by Crippen LogP contribution is -1.92. The van der Waals surface area contributed by atoms with Crippen molar-refractivity contribution in [2.24, 2.45) is 4.99 Å². The van der Waals surface area contributed by atoms with E-state index in [1.54, 1.807) is 6.08 Å². The second-order valence-electron chi connectivity index (χ2n) is 2.77. The molecular formula is C10H17NO3. The molecule has 0 atom stereocenters. The van der Waals surface area contributed by atoms with Gasteiger partial charge in [-0.2, -0.15) is 4.89 Å². The fourth-order valence-electron chi connectivity index (χ4n) is 0.894. The van der Waals surface area contributed by atoms with E-state index < -0.39 is 0 Å². The summed E-state index contributed by atoms with van der Waals surface area (Å²) in [5.74, 6) is 0. The molecule has 0 spiro atoms. The van der Waals surface area contributed by atoms with Gasteiger partial charge in [0.1, 0.15) is 6.26 Å². The van der Waals surface area contributed by atoms with E-state index >= 15 is 0 Å². The molecule has 0 rings (SSSR count). The van der Waals surface area contributed by atoms with Gasteiger partial charge >= 0.3 is 0 Å². The van der Waals surface area contributed by atoms with E-state index in [1.807, 2.05) is 6.92 Å². The molecule has 80 valence electrons. The third kappa shape index (κ3) is 10.9. The molecule has 0 aliphatic rings. The Labute approximate surface area is 84.5 Å². The summed E-state index contributed by atoms with van der Waals surface area (Å²) in [7, 11) is 0. The highest BCUT2D eigenvalue weighted by molar-refractivity contribution is 5.32. The van der Waals surface area contributed by atoms with Gasteiger partial charge in [-0.1, -0.05) is 12.8 Å². The summed E-state index contributed by atoms with van der Waals surface area (Å²) in [4.78, 5) is 22.7. The van der Waals surface area contributed by atoms with Crippen LogP contribution in [0.25, 0.3) is 0 Å². The number of isocyanates is 1. The first-order chi connectivity index (χ1) is 6.91. The normalized spacial score (nSPS) is 10.1. The van der Waals surface area contributed by atoms with Gasteiger partial charge in [0.05, 0.1) is 13.2 Å². The van der Waals surface area contributed by atoms with Crippen molar-refractivity contribution in [1.82, 2.24) is 0 Å². The van der Waals surface area contributed by atoms with Crippen molar-refractivity contribution in [3.8, 4) is 0 Å². The minimum Gasteiger partial charge on any atom is -0.346 e. The first-order valence-corrected chi connectivity index (χ1v) is 4.85. The molecule has 0 unspecified atom stereocenters. The van der Waals surface area contributed by atoms with Crippen LogP contribution in [0.3, 0.4) is 0 Å². The second kappa shape index (κ2) is 11.9. The minimum atomic E-state index is 0.583. The summed E-state index contributed by atoms with van der Waals surface area (Å²) in [6, 6.07) is 0. The molecule has 14 heavy (non-hydrogen) atoms. The van der Waals surface area contributed by atoms with E-state index in [2.05, 4.69) is 9.88 Å². The molecule has 4 nitrogen and oxygen atoms in total. The molecule has 0 aromatic heterocycles. The molecule has 4 heteroatoms. The van der Waals surface area contributed by atoms with Crippen molar-refractivity contribution in [2.45, 2.75) is 32.6 Å². The largest absolute Gasteiger partial charge is 0.346 e. The van der Waals surface area contributed by atoms with Gasteiger partial charge in [-0.25, -0.2) is 9.79 Å². The average molecular weight is 199 g/mol. The Morgan fingerprint density at radius 1 is 1.29 bits per heavy atom. The number of rotatable bonds is 9. The van der Waals surface area contributed by atoms with Crippen LogP contribution in [0.1, 0.15) is 32.6 Å². The van der Waals surface area contributed by atoms with Crippen molar-refractivity contribution in [3.05, 3.63) is 12.3 Å². The zero-order valence-corrected chi connectivity index (χ0v) is 8.57. The van der Waals surface area contributed by atoms with Crippen LogP contribution in [0.5, 0.6) is 0 Å². The van der Waals surface area contributed by atoms with E-state index in [0.717, 1.165) is 25.7 Å². The fraction of sp³-hybridized carbons (Fsp3) is 0.700. The van der Waals surface area contributed by atoms with Crippen LogP contribution >= 0.6 is 0 Å². The minimum absolute atomic E-state index is 0.583.